The van der Waals surface area contributed by atoms with Gasteiger partial charge in [-0.05, 0) is 0 Å². The first-order valence-electron chi connectivity index (χ1n) is 1.11. The number of hydrogen-bond acceptors (Lipinski definition) is 2. The molecule has 0 saturated carbocycles. The fourth-order valence-corrected chi connectivity index (χ4v) is 0. The minimum Gasteiger partial charge on any atom is -0.473 e. The van der Waals surface area contributed by atoms with E-state index in [1.165, 1.54) is 0 Å². The molecule has 0 aromatic heterocycles. The molecule has 0 aliphatic heterocycles. The molecular weight excluding hydrogens is 270 g/mol. The predicted octanol–water partition coefficient (Wildman–Crippen LogP) is -0.849. The average Bonchev–Trinajstić information content (AvgIpc) is 1.36. The molecule has 0 unspecified atom stereocenters. The molecule has 0 heterocycles. The number of carboxylic acid groups (broad SMARTS) is 2. The van der Waals surface area contributed by atoms with E-state index >= 15 is 0 Å². The molecular formula is C2H2O4Zr2. The summed E-state index contributed by atoms with van der Waals surface area (Å²) in [6, 6.07) is 0. The Morgan fingerprint density at radius 1 is 0.875 bits per heavy atom. The van der Waals surface area contributed by atoms with Crippen LogP contribution >= 0.6 is 0 Å². The molecule has 0 radical (unpaired) electrons. The molecule has 0 aromatic carbocycles. The summed E-state index contributed by atoms with van der Waals surface area (Å²) in [4.78, 5) is 18.2. The number of aliphatic carboxylic acids is 2. The Morgan fingerprint density at radius 2 is 1.00 bits per heavy atom. The summed E-state index contributed by atoms with van der Waals surface area (Å²) in [5.41, 5.74) is 0. The van der Waals surface area contributed by atoms with Crippen LogP contribution in [-0.4, -0.2) is 22.2 Å². The van der Waals surface area contributed by atoms with E-state index in [-0.39, 0.29) is 52.4 Å². The summed E-state index contributed by atoms with van der Waals surface area (Å²) in [6.45, 7) is 0. The van der Waals surface area contributed by atoms with Crippen molar-refractivity contribution in [3.8, 4) is 0 Å². The minimum atomic E-state index is -1.82. The van der Waals surface area contributed by atoms with Gasteiger partial charge in [-0.25, -0.2) is 9.59 Å². The summed E-state index contributed by atoms with van der Waals surface area (Å²) in [5.74, 6) is -3.65. The Morgan fingerprint density at radius 3 is 1.00 bits per heavy atom. The smallest absolute Gasteiger partial charge is 0.414 e. The molecule has 42 valence electrons. The second kappa shape index (κ2) is 7.71. The maximum atomic E-state index is 9.10. The standard InChI is InChI=1S/C2H2O4.2Zr/c3-1(4)2(5)6;;/h(H,3,4)(H,5,6);;. The van der Waals surface area contributed by atoms with Crippen LogP contribution in [0.5, 0.6) is 0 Å². The molecule has 6 heteroatoms. The van der Waals surface area contributed by atoms with Gasteiger partial charge in [-0.2, -0.15) is 0 Å². The van der Waals surface area contributed by atoms with Crippen molar-refractivity contribution in [3.05, 3.63) is 0 Å². The molecule has 0 atom stereocenters. The van der Waals surface area contributed by atoms with E-state index in [0.29, 0.717) is 0 Å². The van der Waals surface area contributed by atoms with Gasteiger partial charge in [0, 0.05) is 52.4 Å². The summed E-state index contributed by atoms with van der Waals surface area (Å²) in [7, 11) is 0. The fourth-order valence-electron chi connectivity index (χ4n) is 0. The molecule has 0 aliphatic carbocycles. The van der Waals surface area contributed by atoms with Crippen molar-refractivity contribution in [1.82, 2.24) is 0 Å². The van der Waals surface area contributed by atoms with E-state index in [1.54, 1.807) is 0 Å². The third-order valence-electron chi connectivity index (χ3n) is 0.183. The zero-order valence-corrected chi connectivity index (χ0v) is 8.63. The van der Waals surface area contributed by atoms with E-state index in [9.17, 15) is 0 Å². The van der Waals surface area contributed by atoms with Crippen LogP contribution in [0.25, 0.3) is 0 Å². The van der Waals surface area contributed by atoms with E-state index in [4.69, 9.17) is 19.8 Å². The van der Waals surface area contributed by atoms with Crippen LogP contribution in [0.2, 0.25) is 0 Å². The van der Waals surface area contributed by atoms with E-state index in [2.05, 4.69) is 0 Å². The molecule has 0 amide bonds. The van der Waals surface area contributed by atoms with Crippen LogP contribution in [0.3, 0.4) is 0 Å². The summed E-state index contributed by atoms with van der Waals surface area (Å²) >= 11 is 0. The van der Waals surface area contributed by atoms with Crippen LogP contribution in [-0.2, 0) is 62.0 Å². The Kier molecular flexibility index (Phi) is 15.3. The Labute approximate surface area is 83.5 Å². The molecule has 0 fully saturated rings. The third kappa shape index (κ3) is 9.86. The van der Waals surface area contributed by atoms with Gasteiger partial charge in [-0.15, -0.1) is 0 Å². The SMILES string of the molecule is O=C(O)C(=O)O.[Zr].[Zr]. The van der Waals surface area contributed by atoms with Gasteiger partial charge >= 0.3 is 11.9 Å². The zero-order valence-electron chi connectivity index (χ0n) is 3.71. The second-order valence-corrected chi connectivity index (χ2v) is 0.610. The largest absolute Gasteiger partial charge is 0.473 e. The van der Waals surface area contributed by atoms with Gasteiger partial charge in [-0.3, -0.25) is 0 Å². The van der Waals surface area contributed by atoms with E-state index in [1.807, 2.05) is 0 Å². The van der Waals surface area contributed by atoms with Gasteiger partial charge in [-0.1, -0.05) is 0 Å². The van der Waals surface area contributed by atoms with E-state index < -0.39 is 11.9 Å². The molecule has 2 N–H and O–H groups in total. The first-order valence-corrected chi connectivity index (χ1v) is 1.11. The zero-order chi connectivity index (χ0) is 5.15. The van der Waals surface area contributed by atoms with Gasteiger partial charge < -0.3 is 10.2 Å². The molecule has 0 rings (SSSR count). The molecule has 4 nitrogen and oxygen atoms in total. The molecule has 8 heavy (non-hydrogen) atoms. The monoisotopic (exact) mass is 270 g/mol. The Balaban J connectivity index is -0.000000125. The molecule has 0 spiro atoms. The third-order valence-corrected chi connectivity index (χ3v) is 0.183. The Bertz CT molecular complexity index is 78.0. The van der Waals surface area contributed by atoms with Crippen LogP contribution in [0.15, 0.2) is 0 Å². The van der Waals surface area contributed by atoms with Crippen molar-refractivity contribution in [2.24, 2.45) is 0 Å². The van der Waals surface area contributed by atoms with Crippen molar-refractivity contribution in [2.75, 3.05) is 0 Å². The average molecular weight is 272 g/mol. The van der Waals surface area contributed by atoms with Crippen LogP contribution in [0.1, 0.15) is 0 Å². The van der Waals surface area contributed by atoms with Gasteiger partial charge in [0.05, 0.1) is 0 Å². The van der Waals surface area contributed by atoms with Crippen molar-refractivity contribution < 1.29 is 72.2 Å². The van der Waals surface area contributed by atoms with Gasteiger partial charge in [0.1, 0.15) is 0 Å². The first kappa shape index (κ1) is 15.9. The van der Waals surface area contributed by atoms with Gasteiger partial charge in [0.15, 0.2) is 0 Å². The predicted molar refractivity (Wildman–Crippen MR) is 15.3 cm³/mol. The normalized spacial score (nSPS) is 5.50. The first-order chi connectivity index (χ1) is 2.64. The quantitative estimate of drug-likeness (QED) is 0.563. The maximum absolute atomic E-state index is 9.10. The Hall–Kier alpha value is 0.706. The van der Waals surface area contributed by atoms with Crippen molar-refractivity contribution in [3.63, 3.8) is 0 Å². The molecule has 0 aromatic rings. The van der Waals surface area contributed by atoms with Crippen LogP contribution in [0.4, 0.5) is 0 Å². The van der Waals surface area contributed by atoms with E-state index in [0.717, 1.165) is 0 Å². The van der Waals surface area contributed by atoms with Crippen molar-refractivity contribution in [1.29, 1.82) is 0 Å². The fraction of sp³-hybridized carbons (Fsp3) is 0. The molecule has 0 saturated heterocycles. The number of rotatable bonds is 0. The molecule has 0 bridgehead atoms. The summed E-state index contributed by atoms with van der Waals surface area (Å²) < 4.78 is 0. The topological polar surface area (TPSA) is 74.6 Å². The van der Waals surface area contributed by atoms with Crippen molar-refractivity contribution in [2.45, 2.75) is 0 Å². The maximum Gasteiger partial charge on any atom is 0.414 e. The number of carboxylic acids is 2. The van der Waals surface area contributed by atoms with Crippen molar-refractivity contribution >= 4 is 11.9 Å². The number of carbonyl (C=O) groups is 2. The number of hydrogen-bond donors (Lipinski definition) is 2. The van der Waals surface area contributed by atoms with Crippen LogP contribution in [0, 0.1) is 0 Å². The van der Waals surface area contributed by atoms with Gasteiger partial charge in [0.2, 0.25) is 0 Å². The van der Waals surface area contributed by atoms with Crippen LogP contribution < -0.4 is 0 Å². The molecule has 0 aliphatic rings. The van der Waals surface area contributed by atoms with Gasteiger partial charge in [0.25, 0.3) is 0 Å². The summed E-state index contributed by atoms with van der Waals surface area (Å²) in [6.07, 6.45) is 0. The summed E-state index contributed by atoms with van der Waals surface area (Å²) in [5, 5.41) is 14.8. The minimum absolute atomic E-state index is 0. The second-order valence-electron chi connectivity index (χ2n) is 0.610.